The predicted octanol–water partition coefficient (Wildman–Crippen LogP) is 0.520. The fourth-order valence-corrected chi connectivity index (χ4v) is 2.40. The molecule has 1 unspecified atom stereocenters. The van der Waals surface area contributed by atoms with Gasteiger partial charge in [0.2, 0.25) is 0 Å². The van der Waals surface area contributed by atoms with Gasteiger partial charge in [0, 0.05) is 45.5 Å². The molecule has 19 heavy (non-hydrogen) atoms. The van der Waals surface area contributed by atoms with E-state index in [1.54, 1.807) is 0 Å². The molecule has 2 aromatic rings. The Labute approximate surface area is 112 Å². The van der Waals surface area contributed by atoms with Gasteiger partial charge in [0.15, 0.2) is 0 Å². The number of aryl methyl sites for hydroxylation is 3. The summed E-state index contributed by atoms with van der Waals surface area (Å²) in [6.45, 7) is 3.42. The topological polar surface area (TPSA) is 56.9 Å². The number of nitrogens with one attached hydrogen (secondary N) is 1. The zero-order valence-electron chi connectivity index (χ0n) is 11.1. The number of ether oxygens (including phenoxy) is 1. The Morgan fingerprint density at radius 1 is 1.53 bits per heavy atom. The van der Waals surface area contributed by atoms with Crippen molar-refractivity contribution >= 4 is 0 Å². The Bertz CT molecular complexity index is 527. The van der Waals surface area contributed by atoms with E-state index in [1.165, 1.54) is 0 Å². The molecule has 102 valence electrons. The number of hydrogen-bond acceptors (Lipinski definition) is 4. The number of nitrogens with zero attached hydrogens (tertiary/aromatic N) is 4. The van der Waals surface area contributed by atoms with Crippen LogP contribution in [0, 0.1) is 0 Å². The maximum atomic E-state index is 5.78. The molecule has 0 saturated carbocycles. The Hall–Kier alpha value is -1.66. The Kier molecular flexibility index (Phi) is 3.61. The van der Waals surface area contributed by atoms with Crippen molar-refractivity contribution in [1.82, 2.24) is 24.4 Å². The lowest BCUT2D eigenvalue weighted by atomic mass is 10.2. The van der Waals surface area contributed by atoms with Gasteiger partial charge in [-0.2, -0.15) is 0 Å². The highest BCUT2D eigenvalue weighted by molar-refractivity contribution is 5.05. The number of aromatic nitrogens is 4. The zero-order chi connectivity index (χ0) is 13.1. The Morgan fingerprint density at radius 2 is 2.47 bits per heavy atom. The first-order chi connectivity index (χ1) is 9.34. The van der Waals surface area contributed by atoms with Gasteiger partial charge in [-0.3, -0.25) is 0 Å². The van der Waals surface area contributed by atoms with Crippen molar-refractivity contribution in [3.8, 4) is 0 Å². The van der Waals surface area contributed by atoms with Crippen LogP contribution in [0.1, 0.15) is 17.6 Å². The summed E-state index contributed by atoms with van der Waals surface area (Å²) >= 11 is 0. The van der Waals surface area contributed by atoms with Gasteiger partial charge in [-0.1, -0.05) is 0 Å². The average Bonchev–Trinajstić information content (AvgIpc) is 3.06. The summed E-state index contributed by atoms with van der Waals surface area (Å²) in [6, 6.07) is 0. The molecule has 3 rings (SSSR count). The molecular weight excluding hydrogens is 242 g/mol. The second-order valence-electron chi connectivity index (χ2n) is 4.78. The molecule has 6 heteroatoms. The highest BCUT2D eigenvalue weighted by Crippen LogP contribution is 2.18. The van der Waals surface area contributed by atoms with Gasteiger partial charge in [-0.05, 0) is 0 Å². The summed E-state index contributed by atoms with van der Waals surface area (Å²) < 4.78 is 9.99. The third-order valence-electron chi connectivity index (χ3n) is 3.50. The Balaban J connectivity index is 1.68. The van der Waals surface area contributed by atoms with Gasteiger partial charge < -0.3 is 19.2 Å². The summed E-state index contributed by atoms with van der Waals surface area (Å²) in [6.07, 6.45) is 8.58. The SMILES string of the molecule is Cn1ccnc1CCn1cncc1C1CNCCO1. The van der Waals surface area contributed by atoms with E-state index in [1.807, 2.05) is 32.0 Å². The van der Waals surface area contributed by atoms with Crippen LogP contribution in [0.4, 0.5) is 0 Å². The normalized spacial score (nSPS) is 19.7. The minimum Gasteiger partial charge on any atom is -0.369 e. The van der Waals surface area contributed by atoms with Crippen LogP contribution >= 0.6 is 0 Å². The third-order valence-corrected chi connectivity index (χ3v) is 3.50. The molecule has 1 aliphatic rings. The lowest BCUT2D eigenvalue weighted by Crippen LogP contribution is -2.34. The van der Waals surface area contributed by atoms with Crippen LogP contribution in [0.25, 0.3) is 0 Å². The van der Waals surface area contributed by atoms with E-state index in [9.17, 15) is 0 Å². The number of morpholine rings is 1. The fourth-order valence-electron chi connectivity index (χ4n) is 2.40. The van der Waals surface area contributed by atoms with Gasteiger partial charge in [0.25, 0.3) is 0 Å². The minimum absolute atomic E-state index is 0.109. The molecule has 0 aromatic carbocycles. The molecule has 6 nitrogen and oxygen atoms in total. The maximum Gasteiger partial charge on any atom is 0.111 e. The molecule has 1 atom stereocenters. The quantitative estimate of drug-likeness (QED) is 0.872. The number of imidazole rings is 2. The second-order valence-corrected chi connectivity index (χ2v) is 4.78. The van der Waals surface area contributed by atoms with Crippen LogP contribution in [0.5, 0.6) is 0 Å². The number of rotatable bonds is 4. The standard InChI is InChI=1S/C13H19N5O/c1-17-6-3-16-13(17)2-5-18-10-15-8-11(18)12-9-14-4-7-19-12/h3,6,8,10,12,14H,2,4-5,7,9H2,1H3. The highest BCUT2D eigenvalue weighted by Gasteiger charge is 2.19. The van der Waals surface area contributed by atoms with Crippen LogP contribution in [0.2, 0.25) is 0 Å². The van der Waals surface area contributed by atoms with Gasteiger partial charge in [-0.15, -0.1) is 0 Å². The molecule has 0 aliphatic carbocycles. The van der Waals surface area contributed by atoms with E-state index < -0.39 is 0 Å². The van der Waals surface area contributed by atoms with E-state index >= 15 is 0 Å². The van der Waals surface area contributed by atoms with Crippen molar-refractivity contribution in [1.29, 1.82) is 0 Å². The van der Waals surface area contributed by atoms with Gasteiger partial charge >= 0.3 is 0 Å². The largest absolute Gasteiger partial charge is 0.369 e. The highest BCUT2D eigenvalue weighted by atomic mass is 16.5. The predicted molar refractivity (Wildman–Crippen MR) is 70.7 cm³/mol. The molecule has 1 saturated heterocycles. The fraction of sp³-hybridized carbons (Fsp3) is 0.538. The van der Waals surface area contributed by atoms with E-state index in [2.05, 4.69) is 24.4 Å². The molecule has 1 aliphatic heterocycles. The molecular formula is C13H19N5O. The van der Waals surface area contributed by atoms with Crippen LogP contribution in [-0.2, 0) is 24.8 Å². The zero-order valence-corrected chi connectivity index (χ0v) is 11.1. The van der Waals surface area contributed by atoms with E-state index in [-0.39, 0.29) is 6.10 Å². The van der Waals surface area contributed by atoms with E-state index in [0.717, 1.165) is 44.2 Å². The second kappa shape index (κ2) is 5.54. The molecule has 1 N–H and O–H groups in total. The van der Waals surface area contributed by atoms with Crippen LogP contribution in [0.15, 0.2) is 24.9 Å². The van der Waals surface area contributed by atoms with Crippen LogP contribution in [0.3, 0.4) is 0 Å². The number of hydrogen-bond donors (Lipinski definition) is 1. The average molecular weight is 261 g/mol. The van der Waals surface area contributed by atoms with Gasteiger partial charge in [-0.25, -0.2) is 9.97 Å². The summed E-state index contributed by atoms with van der Waals surface area (Å²) in [5.74, 6) is 1.09. The third kappa shape index (κ3) is 2.69. The summed E-state index contributed by atoms with van der Waals surface area (Å²) in [5, 5.41) is 3.35. The Morgan fingerprint density at radius 3 is 3.21 bits per heavy atom. The first kappa shape index (κ1) is 12.4. The molecule has 0 spiro atoms. The summed E-state index contributed by atoms with van der Waals surface area (Å²) in [5.41, 5.74) is 1.14. The first-order valence-electron chi connectivity index (χ1n) is 6.63. The molecule has 0 amide bonds. The minimum atomic E-state index is 0.109. The monoisotopic (exact) mass is 261 g/mol. The molecule has 0 radical (unpaired) electrons. The molecule has 2 aromatic heterocycles. The molecule has 0 bridgehead atoms. The van der Waals surface area contributed by atoms with Crippen molar-refractivity contribution < 1.29 is 4.74 Å². The molecule has 1 fully saturated rings. The lowest BCUT2D eigenvalue weighted by molar-refractivity contribution is 0.0227. The van der Waals surface area contributed by atoms with Crippen LogP contribution in [-0.4, -0.2) is 38.8 Å². The van der Waals surface area contributed by atoms with Crippen molar-refractivity contribution in [3.63, 3.8) is 0 Å². The van der Waals surface area contributed by atoms with E-state index in [0.29, 0.717) is 0 Å². The smallest absolute Gasteiger partial charge is 0.111 e. The maximum absolute atomic E-state index is 5.78. The van der Waals surface area contributed by atoms with E-state index in [4.69, 9.17) is 4.74 Å². The summed E-state index contributed by atoms with van der Waals surface area (Å²) in [7, 11) is 2.02. The van der Waals surface area contributed by atoms with Gasteiger partial charge in [0.1, 0.15) is 11.9 Å². The van der Waals surface area contributed by atoms with Crippen molar-refractivity contribution in [2.45, 2.75) is 19.1 Å². The summed E-state index contributed by atoms with van der Waals surface area (Å²) in [4.78, 5) is 8.59. The van der Waals surface area contributed by atoms with Crippen molar-refractivity contribution in [2.24, 2.45) is 7.05 Å². The van der Waals surface area contributed by atoms with Crippen LogP contribution < -0.4 is 5.32 Å². The van der Waals surface area contributed by atoms with Gasteiger partial charge in [0.05, 0.1) is 24.8 Å². The lowest BCUT2D eigenvalue weighted by Gasteiger charge is -2.24. The van der Waals surface area contributed by atoms with Crippen molar-refractivity contribution in [2.75, 3.05) is 19.7 Å². The molecule has 3 heterocycles. The first-order valence-corrected chi connectivity index (χ1v) is 6.63. The van der Waals surface area contributed by atoms with Crippen molar-refractivity contribution in [3.05, 3.63) is 36.4 Å².